The first-order valence-electron chi connectivity index (χ1n) is 11.4. The van der Waals surface area contributed by atoms with Gasteiger partial charge in [-0.15, -0.1) is 0 Å². The number of para-hydroxylation sites is 1. The molecule has 2 aromatic heterocycles. The van der Waals surface area contributed by atoms with Crippen LogP contribution >= 0.6 is 0 Å². The van der Waals surface area contributed by atoms with E-state index >= 15 is 0 Å². The van der Waals surface area contributed by atoms with Gasteiger partial charge in [-0.2, -0.15) is 0 Å². The number of nitrogens with zero attached hydrogens (tertiary/aromatic N) is 1. The first-order valence-corrected chi connectivity index (χ1v) is 11.4. The molecule has 0 bridgehead atoms. The number of anilines is 1. The van der Waals surface area contributed by atoms with E-state index in [1.165, 1.54) is 0 Å². The van der Waals surface area contributed by atoms with E-state index in [2.05, 4.69) is 10.3 Å². The molecule has 36 heavy (non-hydrogen) atoms. The minimum atomic E-state index is -0.595. The van der Waals surface area contributed by atoms with E-state index in [1.807, 2.05) is 60.7 Å². The highest BCUT2D eigenvalue weighted by molar-refractivity contribution is 6.52. The zero-order valence-corrected chi connectivity index (χ0v) is 19.6. The van der Waals surface area contributed by atoms with Crippen LogP contribution < -0.4 is 14.8 Å². The number of rotatable bonds is 5. The Morgan fingerprint density at radius 2 is 1.58 bits per heavy atom. The van der Waals surface area contributed by atoms with E-state index in [-0.39, 0.29) is 5.70 Å². The van der Waals surface area contributed by atoms with Crippen LogP contribution in [0, 0.1) is 0 Å². The van der Waals surface area contributed by atoms with Crippen molar-refractivity contribution in [1.82, 2.24) is 9.97 Å². The maximum atomic E-state index is 12.9. The quantitative estimate of drug-likeness (QED) is 0.321. The molecule has 0 radical (unpaired) electrons. The van der Waals surface area contributed by atoms with Crippen LogP contribution in [-0.2, 0) is 4.79 Å². The van der Waals surface area contributed by atoms with E-state index in [1.54, 1.807) is 32.4 Å². The van der Waals surface area contributed by atoms with Crippen LogP contribution in [-0.4, -0.2) is 35.8 Å². The molecule has 7 nitrogen and oxygen atoms in total. The summed E-state index contributed by atoms with van der Waals surface area (Å²) in [5.41, 5.74) is 4.56. The third-order valence-corrected chi connectivity index (χ3v) is 6.37. The molecule has 1 aliphatic rings. The number of benzene rings is 3. The molecule has 0 aliphatic heterocycles. The first kappa shape index (κ1) is 21.6. The number of nitrogens with one attached hydrogen (secondary N) is 2. The van der Waals surface area contributed by atoms with E-state index in [9.17, 15) is 9.59 Å². The van der Waals surface area contributed by atoms with Crippen molar-refractivity contribution in [3.63, 3.8) is 0 Å². The highest BCUT2D eigenvalue weighted by atomic mass is 16.5. The number of Topliss-reactive ketones (excluding diaryl/α,β-unsaturated/α-hetero) is 2. The Bertz CT molecular complexity index is 1730. The summed E-state index contributed by atoms with van der Waals surface area (Å²) in [6.45, 7) is 0. The fourth-order valence-electron chi connectivity index (χ4n) is 4.63. The second kappa shape index (κ2) is 8.39. The summed E-state index contributed by atoms with van der Waals surface area (Å²) < 4.78 is 10.9. The Balaban J connectivity index is 1.54. The number of allylic oxidation sites excluding steroid dienone is 1. The van der Waals surface area contributed by atoms with Gasteiger partial charge in [0.1, 0.15) is 5.82 Å². The number of H-pyrrole nitrogens is 1. The lowest BCUT2D eigenvalue weighted by Crippen LogP contribution is -2.25. The molecule has 6 rings (SSSR count). The molecule has 7 heteroatoms. The molecule has 0 unspecified atom stereocenters. The number of carbonyl (C=O) groups is 2. The van der Waals surface area contributed by atoms with E-state index in [0.717, 1.165) is 27.4 Å². The first-order chi connectivity index (χ1) is 17.6. The van der Waals surface area contributed by atoms with Gasteiger partial charge in [0.15, 0.2) is 11.5 Å². The minimum absolute atomic E-state index is 0.184. The van der Waals surface area contributed by atoms with Crippen LogP contribution in [0.2, 0.25) is 0 Å². The van der Waals surface area contributed by atoms with Crippen molar-refractivity contribution in [2.75, 3.05) is 19.5 Å². The lowest BCUT2D eigenvalue weighted by Gasteiger charge is -2.16. The molecule has 3 aromatic carbocycles. The number of hydrogen-bond donors (Lipinski definition) is 2. The van der Waals surface area contributed by atoms with Gasteiger partial charge in [0.05, 0.1) is 31.1 Å². The molecule has 2 heterocycles. The van der Waals surface area contributed by atoms with Crippen molar-refractivity contribution in [2.24, 2.45) is 0 Å². The molecular weight excluding hydrogens is 454 g/mol. The Labute approximate surface area is 206 Å². The zero-order chi connectivity index (χ0) is 24.8. The van der Waals surface area contributed by atoms with Gasteiger partial charge in [-0.05, 0) is 42.0 Å². The topological polar surface area (TPSA) is 93.3 Å². The standard InChI is InChI=1S/C29H21N3O4/c1-35-23-12-11-17(14-24(23)36-2)26-27-20(19-9-5-6-10-21(19)31-27)15-25(32-26)30-22-13-16-7-3-4-8-18(16)28(33)29(22)34/h3-15,31H,1-2H3,(H,30,32). The molecule has 2 N–H and O–H groups in total. The van der Waals surface area contributed by atoms with Crippen molar-refractivity contribution in [3.05, 3.63) is 89.6 Å². The monoisotopic (exact) mass is 475 g/mol. The summed E-state index contributed by atoms with van der Waals surface area (Å²) in [5, 5.41) is 5.07. The third-order valence-electron chi connectivity index (χ3n) is 6.37. The third kappa shape index (κ3) is 3.41. The van der Waals surface area contributed by atoms with E-state index in [0.29, 0.717) is 34.1 Å². The number of ether oxygens (including phenoxy) is 2. The van der Waals surface area contributed by atoms with Gasteiger partial charge < -0.3 is 19.8 Å². The largest absolute Gasteiger partial charge is 0.493 e. The number of pyridine rings is 1. The van der Waals surface area contributed by atoms with Gasteiger partial charge in [-0.25, -0.2) is 4.98 Å². The van der Waals surface area contributed by atoms with Crippen molar-refractivity contribution < 1.29 is 19.1 Å². The number of hydrogen-bond acceptors (Lipinski definition) is 6. The number of aromatic nitrogens is 2. The Morgan fingerprint density at radius 1 is 0.806 bits per heavy atom. The second-order valence-electron chi connectivity index (χ2n) is 8.45. The lowest BCUT2D eigenvalue weighted by molar-refractivity contribution is -0.111. The van der Waals surface area contributed by atoms with Gasteiger partial charge in [0, 0.05) is 27.4 Å². The zero-order valence-electron chi connectivity index (χ0n) is 19.6. The number of aromatic amines is 1. The highest BCUT2D eigenvalue weighted by Crippen LogP contribution is 2.38. The summed E-state index contributed by atoms with van der Waals surface area (Å²) in [7, 11) is 3.17. The number of ketones is 2. The average Bonchev–Trinajstić information content (AvgIpc) is 3.29. The van der Waals surface area contributed by atoms with Gasteiger partial charge in [-0.3, -0.25) is 9.59 Å². The fraction of sp³-hybridized carbons (Fsp3) is 0.0690. The minimum Gasteiger partial charge on any atom is -0.493 e. The second-order valence-corrected chi connectivity index (χ2v) is 8.45. The fourth-order valence-corrected chi connectivity index (χ4v) is 4.63. The lowest BCUT2D eigenvalue weighted by atomic mass is 9.93. The summed E-state index contributed by atoms with van der Waals surface area (Å²) in [6, 6.07) is 22.5. The van der Waals surface area contributed by atoms with Crippen molar-refractivity contribution in [2.45, 2.75) is 0 Å². The molecule has 0 spiro atoms. The van der Waals surface area contributed by atoms with Crippen LogP contribution in [0.15, 0.2) is 78.5 Å². The smallest absolute Gasteiger partial charge is 0.249 e. The molecule has 0 atom stereocenters. The number of carbonyl (C=O) groups excluding carboxylic acids is 2. The maximum absolute atomic E-state index is 12.9. The van der Waals surface area contributed by atoms with Gasteiger partial charge in [-0.1, -0.05) is 42.5 Å². The summed E-state index contributed by atoms with van der Waals surface area (Å²) in [6.07, 6.45) is 1.69. The van der Waals surface area contributed by atoms with Crippen molar-refractivity contribution in [3.8, 4) is 22.8 Å². The van der Waals surface area contributed by atoms with E-state index < -0.39 is 11.6 Å². The molecule has 176 valence electrons. The SMILES string of the molecule is COc1ccc(-c2nc(NC3=Cc4ccccc4C(=O)C3=O)cc3c2[nH]c2ccccc23)cc1OC. The van der Waals surface area contributed by atoms with Gasteiger partial charge in [0.25, 0.3) is 0 Å². The molecule has 0 amide bonds. The number of methoxy groups -OCH3 is 2. The normalized spacial score (nSPS) is 13.0. The summed E-state index contributed by atoms with van der Waals surface area (Å²) in [4.78, 5) is 33.9. The van der Waals surface area contributed by atoms with Crippen LogP contribution in [0.25, 0.3) is 39.1 Å². The Kier molecular flexibility index (Phi) is 5.04. The molecular formula is C29H21N3O4. The van der Waals surface area contributed by atoms with Crippen LogP contribution in [0.1, 0.15) is 15.9 Å². The average molecular weight is 476 g/mol. The highest BCUT2D eigenvalue weighted by Gasteiger charge is 2.28. The van der Waals surface area contributed by atoms with Crippen LogP contribution in [0.3, 0.4) is 0 Å². The van der Waals surface area contributed by atoms with Crippen LogP contribution in [0.5, 0.6) is 11.5 Å². The number of fused-ring (bicyclic) bond motifs is 4. The van der Waals surface area contributed by atoms with Crippen LogP contribution in [0.4, 0.5) is 5.82 Å². The maximum Gasteiger partial charge on any atom is 0.249 e. The predicted octanol–water partition coefficient (Wildman–Crippen LogP) is 5.62. The molecule has 0 saturated heterocycles. The molecule has 5 aromatic rings. The molecule has 0 fully saturated rings. The molecule has 1 aliphatic carbocycles. The van der Waals surface area contributed by atoms with Gasteiger partial charge in [0.2, 0.25) is 11.6 Å². The Hall–Kier alpha value is -4.91. The predicted molar refractivity (Wildman–Crippen MR) is 140 cm³/mol. The molecule has 0 saturated carbocycles. The summed E-state index contributed by atoms with van der Waals surface area (Å²) >= 11 is 0. The Morgan fingerprint density at radius 3 is 2.42 bits per heavy atom. The van der Waals surface area contributed by atoms with Crippen molar-refractivity contribution in [1.29, 1.82) is 0 Å². The summed E-state index contributed by atoms with van der Waals surface area (Å²) in [5.74, 6) is 0.500. The van der Waals surface area contributed by atoms with Crippen molar-refractivity contribution >= 4 is 45.3 Å². The van der Waals surface area contributed by atoms with E-state index in [4.69, 9.17) is 14.5 Å². The van der Waals surface area contributed by atoms with Gasteiger partial charge >= 0.3 is 0 Å².